The van der Waals surface area contributed by atoms with Crippen LogP contribution in [0.2, 0.25) is 0 Å². The second-order valence-corrected chi connectivity index (χ2v) is 12.2. The number of hydrogen-bond acceptors (Lipinski definition) is 7. The van der Waals surface area contributed by atoms with Gasteiger partial charge in [0.05, 0.1) is 23.7 Å². The van der Waals surface area contributed by atoms with Gasteiger partial charge < -0.3 is 9.47 Å². The number of fused-ring (bicyclic) bond motifs is 1. The van der Waals surface area contributed by atoms with Crippen LogP contribution < -0.4 is 9.46 Å². The number of anilines is 1. The van der Waals surface area contributed by atoms with Gasteiger partial charge in [-0.15, -0.1) is 0 Å². The summed E-state index contributed by atoms with van der Waals surface area (Å²) in [5, 5.41) is 0. The minimum absolute atomic E-state index is 0.0184. The SMILES string of the molecule is O=S(=O)(Nc1ccc(OCCC2CCOCC2)cc1F)c1ccc2c(c1)CCN(CC1C=NC(C(F)(F)F)=NC1)C2. The van der Waals surface area contributed by atoms with Crippen molar-refractivity contribution >= 4 is 27.8 Å². The summed E-state index contributed by atoms with van der Waals surface area (Å²) < 4.78 is 92.4. The molecule has 0 radical (unpaired) electrons. The Morgan fingerprint density at radius 3 is 2.61 bits per heavy atom. The molecule has 41 heavy (non-hydrogen) atoms. The summed E-state index contributed by atoms with van der Waals surface area (Å²) in [6, 6.07) is 8.84. The summed E-state index contributed by atoms with van der Waals surface area (Å²) in [6.07, 6.45) is 0.138. The number of hydrogen-bond donors (Lipinski definition) is 1. The Labute approximate surface area is 236 Å². The van der Waals surface area contributed by atoms with E-state index in [2.05, 4.69) is 19.6 Å². The third-order valence-electron chi connectivity index (χ3n) is 7.53. The number of nitrogens with one attached hydrogen (secondary N) is 1. The average molecular weight is 597 g/mol. The van der Waals surface area contributed by atoms with Crippen LogP contribution in [0, 0.1) is 17.7 Å². The summed E-state index contributed by atoms with van der Waals surface area (Å²) in [5.74, 6) is -1.21. The second-order valence-electron chi connectivity index (χ2n) is 10.6. The van der Waals surface area contributed by atoms with Crippen LogP contribution in [0.4, 0.5) is 23.2 Å². The lowest BCUT2D eigenvalue weighted by Gasteiger charge is -2.31. The van der Waals surface area contributed by atoms with Gasteiger partial charge in [-0.1, -0.05) is 6.07 Å². The van der Waals surface area contributed by atoms with E-state index in [1.54, 1.807) is 18.2 Å². The fraction of sp³-hybridized carbons (Fsp3) is 0.500. The Bertz CT molecular complexity index is 1410. The number of sulfonamides is 1. The van der Waals surface area contributed by atoms with E-state index in [9.17, 15) is 26.0 Å². The topological polar surface area (TPSA) is 92.6 Å². The quantitative estimate of drug-likeness (QED) is 0.419. The van der Waals surface area contributed by atoms with Crippen molar-refractivity contribution in [3.8, 4) is 5.75 Å². The summed E-state index contributed by atoms with van der Waals surface area (Å²) in [6.45, 7) is 3.59. The maximum Gasteiger partial charge on any atom is 0.451 e. The standard InChI is InChI=1S/C28H32F4N4O4S/c29-25-14-23(40-12-8-19-6-10-39-11-7-19)2-4-26(25)35-41(37,38)24-3-1-22-18-36(9-5-21(22)13-24)17-20-15-33-27(34-16-20)28(30,31)32/h1-4,13-15,19-20,35H,5-12,16-18H2. The van der Waals surface area contributed by atoms with E-state index in [0.29, 0.717) is 44.3 Å². The monoisotopic (exact) mass is 596 g/mol. The predicted octanol–water partition coefficient (Wildman–Crippen LogP) is 4.84. The molecule has 1 unspecified atom stereocenters. The van der Waals surface area contributed by atoms with Crippen molar-refractivity contribution in [1.29, 1.82) is 0 Å². The summed E-state index contributed by atoms with van der Waals surface area (Å²) in [4.78, 5) is 9.14. The number of aliphatic imine (C=N–C) groups is 2. The van der Waals surface area contributed by atoms with Crippen molar-refractivity contribution in [2.75, 3.05) is 44.2 Å². The van der Waals surface area contributed by atoms with Gasteiger partial charge in [-0.3, -0.25) is 14.6 Å². The van der Waals surface area contributed by atoms with E-state index in [0.717, 1.165) is 43.6 Å². The summed E-state index contributed by atoms with van der Waals surface area (Å²) in [5.41, 5.74) is 1.61. The Balaban J connectivity index is 1.15. The van der Waals surface area contributed by atoms with Crippen molar-refractivity contribution in [1.82, 2.24) is 4.90 Å². The van der Waals surface area contributed by atoms with Crippen molar-refractivity contribution < 1.29 is 35.5 Å². The second kappa shape index (κ2) is 12.5. The molecule has 8 nitrogen and oxygen atoms in total. The molecule has 3 aliphatic rings. The zero-order valence-corrected chi connectivity index (χ0v) is 23.2. The minimum Gasteiger partial charge on any atom is -0.493 e. The maximum absolute atomic E-state index is 14.8. The van der Waals surface area contributed by atoms with Gasteiger partial charge in [-0.25, -0.2) is 17.8 Å². The number of benzene rings is 2. The highest BCUT2D eigenvalue weighted by Crippen LogP contribution is 2.28. The van der Waals surface area contributed by atoms with Crippen LogP contribution in [-0.4, -0.2) is 71.0 Å². The third kappa shape index (κ3) is 7.63. The molecule has 0 bridgehead atoms. The molecule has 2 aromatic carbocycles. The number of alkyl halides is 3. The largest absolute Gasteiger partial charge is 0.493 e. The summed E-state index contributed by atoms with van der Waals surface area (Å²) in [7, 11) is -4.05. The lowest BCUT2D eigenvalue weighted by Crippen LogP contribution is -2.37. The molecule has 222 valence electrons. The number of halogens is 4. The van der Waals surface area contributed by atoms with Crippen LogP contribution in [0.1, 0.15) is 30.4 Å². The van der Waals surface area contributed by atoms with Crippen molar-refractivity contribution in [2.45, 2.75) is 43.3 Å². The molecule has 0 amide bonds. The van der Waals surface area contributed by atoms with Crippen LogP contribution in [0.25, 0.3) is 0 Å². The highest BCUT2D eigenvalue weighted by atomic mass is 32.2. The molecule has 3 aliphatic heterocycles. The lowest BCUT2D eigenvalue weighted by atomic mass is 9.97. The van der Waals surface area contributed by atoms with E-state index in [1.807, 2.05) is 0 Å². The summed E-state index contributed by atoms with van der Waals surface area (Å²) >= 11 is 0. The number of amidine groups is 1. The van der Waals surface area contributed by atoms with Crippen LogP contribution in [0.15, 0.2) is 51.3 Å². The van der Waals surface area contributed by atoms with Gasteiger partial charge in [-0.05, 0) is 67.0 Å². The molecule has 0 spiro atoms. The van der Waals surface area contributed by atoms with Gasteiger partial charge in [0.15, 0.2) is 5.82 Å². The molecule has 1 fully saturated rings. The smallest absolute Gasteiger partial charge is 0.451 e. The average Bonchev–Trinajstić information content (AvgIpc) is 2.94. The van der Waals surface area contributed by atoms with Crippen LogP contribution in [-0.2, 0) is 27.7 Å². The predicted molar refractivity (Wildman–Crippen MR) is 147 cm³/mol. The van der Waals surface area contributed by atoms with Gasteiger partial charge in [0.2, 0.25) is 5.84 Å². The van der Waals surface area contributed by atoms with Crippen LogP contribution in [0.3, 0.4) is 0 Å². The zero-order valence-electron chi connectivity index (χ0n) is 22.4. The van der Waals surface area contributed by atoms with Gasteiger partial charge in [-0.2, -0.15) is 13.2 Å². The molecule has 1 saturated heterocycles. The molecule has 1 atom stereocenters. The van der Waals surface area contributed by atoms with Crippen LogP contribution >= 0.6 is 0 Å². The molecule has 3 heterocycles. The number of ether oxygens (including phenoxy) is 2. The fourth-order valence-electron chi connectivity index (χ4n) is 5.23. The first-order valence-corrected chi connectivity index (χ1v) is 15.1. The first kappa shape index (κ1) is 29.5. The number of rotatable bonds is 9. The van der Waals surface area contributed by atoms with Crippen molar-refractivity contribution in [3.63, 3.8) is 0 Å². The Hall–Kier alpha value is -3.03. The molecular formula is C28H32F4N4O4S. The highest BCUT2D eigenvalue weighted by molar-refractivity contribution is 7.92. The zero-order chi connectivity index (χ0) is 29.0. The molecule has 1 N–H and O–H groups in total. The van der Waals surface area contributed by atoms with E-state index in [1.165, 1.54) is 24.4 Å². The molecule has 0 aliphatic carbocycles. The Morgan fingerprint density at radius 1 is 1.10 bits per heavy atom. The molecular weight excluding hydrogens is 564 g/mol. The lowest BCUT2D eigenvalue weighted by molar-refractivity contribution is -0.0600. The first-order valence-electron chi connectivity index (χ1n) is 13.6. The van der Waals surface area contributed by atoms with E-state index in [4.69, 9.17) is 9.47 Å². The normalized spacial score (nSPS) is 20.4. The van der Waals surface area contributed by atoms with Gasteiger partial charge in [0.1, 0.15) is 5.75 Å². The molecule has 0 saturated carbocycles. The van der Waals surface area contributed by atoms with Gasteiger partial charge in [0, 0.05) is 51.0 Å². The maximum atomic E-state index is 14.8. The van der Waals surface area contributed by atoms with E-state index >= 15 is 0 Å². The Kier molecular flexibility index (Phi) is 8.95. The molecule has 5 rings (SSSR count). The van der Waals surface area contributed by atoms with E-state index in [-0.39, 0.29) is 23.0 Å². The van der Waals surface area contributed by atoms with Gasteiger partial charge >= 0.3 is 6.18 Å². The molecule has 0 aromatic heterocycles. The fourth-order valence-corrected chi connectivity index (χ4v) is 6.35. The molecule has 13 heteroatoms. The van der Waals surface area contributed by atoms with Gasteiger partial charge in [0.25, 0.3) is 10.0 Å². The minimum atomic E-state index is -4.55. The molecule has 2 aromatic rings. The van der Waals surface area contributed by atoms with Crippen molar-refractivity contribution in [2.24, 2.45) is 21.8 Å². The van der Waals surface area contributed by atoms with E-state index < -0.39 is 27.9 Å². The number of nitrogens with zero attached hydrogens (tertiary/aromatic N) is 3. The third-order valence-corrected chi connectivity index (χ3v) is 8.89. The van der Waals surface area contributed by atoms with Crippen LogP contribution in [0.5, 0.6) is 5.75 Å². The Morgan fingerprint density at radius 2 is 1.90 bits per heavy atom. The first-order chi connectivity index (χ1) is 19.6. The van der Waals surface area contributed by atoms with Crippen molar-refractivity contribution in [3.05, 3.63) is 53.3 Å². The highest BCUT2D eigenvalue weighted by Gasteiger charge is 2.37.